The number of hydrogen-bond acceptors (Lipinski definition) is 2. The Balaban J connectivity index is 1.76. The van der Waals surface area contributed by atoms with Crippen molar-refractivity contribution in [1.82, 2.24) is 10.2 Å². The van der Waals surface area contributed by atoms with Crippen LogP contribution in [0.1, 0.15) is 33.1 Å². The summed E-state index contributed by atoms with van der Waals surface area (Å²) in [4.78, 5) is 2.67. The largest absolute Gasteiger partial charge is 0.314 e. The van der Waals surface area contributed by atoms with Crippen LogP contribution in [0.3, 0.4) is 0 Å². The smallest absolute Gasteiger partial charge is 0.0193 e. The van der Waals surface area contributed by atoms with Crippen molar-refractivity contribution in [2.24, 2.45) is 11.8 Å². The van der Waals surface area contributed by atoms with Gasteiger partial charge in [-0.25, -0.2) is 0 Å². The average Bonchev–Trinajstić information content (AvgIpc) is 2.05. The number of nitrogens with zero attached hydrogens (tertiary/aromatic N) is 1. The molecule has 0 bridgehead atoms. The molecule has 2 rings (SSSR count). The summed E-state index contributed by atoms with van der Waals surface area (Å²) in [5, 5.41) is 3.45. The standard InChI is InChI=1S/C12H24N2/c1-10(12-4-3-5-12)9-14-7-6-13-8-11(14)2/h10-13H,3-9H2,1-2H3. The Morgan fingerprint density at radius 1 is 1.43 bits per heavy atom. The molecule has 2 fully saturated rings. The Kier molecular flexibility index (Phi) is 3.45. The lowest BCUT2D eigenvalue weighted by atomic mass is 9.76. The molecule has 2 atom stereocenters. The predicted molar refractivity (Wildman–Crippen MR) is 60.4 cm³/mol. The summed E-state index contributed by atoms with van der Waals surface area (Å²) in [7, 11) is 0. The monoisotopic (exact) mass is 196 g/mol. The van der Waals surface area contributed by atoms with E-state index in [-0.39, 0.29) is 0 Å². The molecule has 2 aliphatic rings. The summed E-state index contributed by atoms with van der Waals surface area (Å²) in [5.74, 6) is 1.96. The molecule has 1 saturated heterocycles. The van der Waals surface area contributed by atoms with E-state index in [0.717, 1.165) is 17.9 Å². The fourth-order valence-electron chi connectivity index (χ4n) is 2.68. The Morgan fingerprint density at radius 2 is 2.21 bits per heavy atom. The van der Waals surface area contributed by atoms with Gasteiger partial charge >= 0.3 is 0 Å². The number of nitrogens with one attached hydrogen (secondary N) is 1. The van der Waals surface area contributed by atoms with Crippen molar-refractivity contribution in [2.75, 3.05) is 26.2 Å². The van der Waals surface area contributed by atoms with E-state index in [4.69, 9.17) is 0 Å². The first-order valence-electron chi connectivity index (χ1n) is 6.22. The van der Waals surface area contributed by atoms with Crippen LogP contribution in [-0.2, 0) is 0 Å². The van der Waals surface area contributed by atoms with Crippen LogP contribution in [0.15, 0.2) is 0 Å². The van der Waals surface area contributed by atoms with Gasteiger partial charge in [-0.15, -0.1) is 0 Å². The van der Waals surface area contributed by atoms with Crippen LogP contribution in [0.2, 0.25) is 0 Å². The SMILES string of the molecule is CC(CN1CCNCC1C)C1CCC1. The van der Waals surface area contributed by atoms with Gasteiger partial charge in [0.05, 0.1) is 0 Å². The van der Waals surface area contributed by atoms with Crippen molar-refractivity contribution >= 4 is 0 Å². The topological polar surface area (TPSA) is 15.3 Å². The van der Waals surface area contributed by atoms with Gasteiger partial charge < -0.3 is 5.32 Å². The van der Waals surface area contributed by atoms with Gasteiger partial charge in [0.2, 0.25) is 0 Å². The van der Waals surface area contributed by atoms with Crippen molar-refractivity contribution < 1.29 is 0 Å². The van der Waals surface area contributed by atoms with Gasteiger partial charge in [0.25, 0.3) is 0 Å². The van der Waals surface area contributed by atoms with Gasteiger partial charge in [0.1, 0.15) is 0 Å². The van der Waals surface area contributed by atoms with Crippen molar-refractivity contribution in [2.45, 2.75) is 39.2 Å². The fraction of sp³-hybridized carbons (Fsp3) is 1.00. The van der Waals surface area contributed by atoms with Gasteiger partial charge in [0.15, 0.2) is 0 Å². The van der Waals surface area contributed by atoms with Crippen LogP contribution in [0.5, 0.6) is 0 Å². The van der Waals surface area contributed by atoms with E-state index in [2.05, 4.69) is 24.1 Å². The van der Waals surface area contributed by atoms with Gasteiger partial charge in [-0.3, -0.25) is 4.90 Å². The summed E-state index contributed by atoms with van der Waals surface area (Å²) in [5.41, 5.74) is 0. The maximum atomic E-state index is 3.45. The molecule has 2 nitrogen and oxygen atoms in total. The normalized spacial score (nSPS) is 32.6. The number of hydrogen-bond donors (Lipinski definition) is 1. The Bertz CT molecular complexity index is 177. The highest BCUT2D eigenvalue weighted by Crippen LogP contribution is 2.33. The molecule has 0 amide bonds. The van der Waals surface area contributed by atoms with E-state index < -0.39 is 0 Å². The van der Waals surface area contributed by atoms with Crippen LogP contribution < -0.4 is 5.32 Å². The summed E-state index contributed by atoms with van der Waals surface area (Å²) in [6.45, 7) is 9.73. The van der Waals surface area contributed by atoms with Gasteiger partial charge in [-0.05, 0) is 18.8 Å². The molecule has 1 aliphatic heterocycles. The molecule has 1 aliphatic carbocycles. The van der Waals surface area contributed by atoms with Crippen molar-refractivity contribution in [3.05, 3.63) is 0 Å². The summed E-state index contributed by atoms with van der Waals surface area (Å²) >= 11 is 0. The van der Waals surface area contributed by atoms with Crippen LogP contribution >= 0.6 is 0 Å². The minimum atomic E-state index is 0.742. The molecule has 1 heterocycles. The van der Waals surface area contributed by atoms with Crippen LogP contribution in [0.4, 0.5) is 0 Å². The molecular weight excluding hydrogens is 172 g/mol. The van der Waals surface area contributed by atoms with E-state index in [1.54, 1.807) is 0 Å². The first-order chi connectivity index (χ1) is 6.77. The van der Waals surface area contributed by atoms with Crippen LogP contribution in [0.25, 0.3) is 0 Å². The second kappa shape index (κ2) is 4.63. The molecule has 1 saturated carbocycles. The molecule has 14 heavy (non-hydrogen) atoms. The third kappa shape index (κ3) is 2.29. The van der Waals surface area contributed by atoms with Crippen LogP contribution in [-0.4, -0.2) is 37.1 Å². The van der Waals surface area contributed by atoms with E-state index in [1.807, 2.05) is 0 Å². The molecule has 0 aromatic heterocycles. The second-order valence-corrected chi connectivity index (χ2v) is 5.22. The highest BCUT2D eigenvalue weighted by molar-refractivity contribution is 4.81. The Hall–Kier alpha value is -0.0800. The summed E-state index contributed by atoms with van der Waals surface area (Å²) in [6, 6.07) is 0.742. The van der Waals surface area contributed by atoms with Gasteiger partial charge in [-0.1, -0.05) is 26.2 Å². The lowest BCUT2D eigenvalue weighted by Gasteiger charge is -2.39. The van der Waals surface area contributed by atoms with Crippen LogP contribution in [0, 0.1) is 11.8 Å². The fourth-order valence-corrected chi connectivity index (χ4v) is 2.68. The molecule has 0 aromatic rings. The molecule has 82 valence electrons. The Morgan fingerprint density at radius 3 is 2.79 bits per heavy atom. The van der Waals surface area contributed by atoms with E-state index in [9.17, 15) is 0 Å². The molecule has 2 heteroatoms. The van der Waals surface area contributed by atoms with E-state index in [1.165, 1.54) is 45.4 Å². The minimum absolute atomic E-state index is 0.742. The average molecular weight is 196 g/mol. The minimum Gasteiger partial charge on any atom is -0.314 e. The third-order valence-electron chi connectivity index (χ3n) is 4.12. The zero-order valence-electron chi connectivity index (χ0n) is 9.63. The van der Waals surface area contributed by atoms with Crippen molar-refractivity contribution in [1.29, 1.82) is 0 Å². The predicted octanol–water partition coefficient (Wildman–Crippen LogP) is 1.72. The molecule has 1 N–H and O–H groups in total. The molecule has 0 spiro atoms. The number of piperazine rings is 1. The van der Waals surface area contributed by atoms with Gasteiger partial charge in [0, 0.05) is 32.2 Å². The molecule has 0 aromatic carbocycles. The molecule has 2 unspecified atom stereocenters. The van der Waals surface area contributed by atoms with Gasteiger partial charge in [-0.2, -0.15) is 0 Å². The quantitative estimate of drug-likeness (QED) is 0.739. The second-order valence-electron chi connectivity index (χ2n) is 5.22. The van der Waals surface area contributed by atoms with E-state index >= 15 is 0 Å². The lowest BCUT2D eigenvalue weighted by Crippen LogP contribution is -2.51. The highest BCUT2D eigenvalue weighted by Gasteiger charge is 2.27. The zero-order chi connectivity index (χ0) is 9.97. The summed E-state index contributed by atoms with van der Waals surface area (Å²) in [6.07, 6.45) is 4.45. The number of rotatable bonds is 3. The third-order valence-corrected chi connectivity index (χ3v) is 4.12. The Labute approximate surface area is 88.1 Å². The van der Waals surface area contributed by atoms with Crippen molar-refractivity contribution in [3.8, 4) is 0 Å². The maximum absolute atomic E-state index is 3.45. The first-order valence-corrected chi connectivity index (χ1v) is 6.22. The first kappa shape index (κ1) is 10.4. The molecular formula is C12H24N2. The molecule has 0 radical (unpaired) electrons. The maximum Gasteiger partial charge on any atom is 0.0193 e. The lowest BCUT2D eigenvalue weighted by molar-refractivity contribution is 0.108. The van der Waals surface area contributed by atoms with E-state index in [0.29, 0.717) is 0 Å². The van der Waals surface area contributed by atoms with Crippen molar-refractivity contribution in [3.63, 3.8) is 0 Å². The highest BCUT2D eigenvalue weighted by atomic mass is 15.2. The summed E-state index contributed by atoms with van der Waals surface area (Å²) < 4.78 is 0. The zero-order valence-corrected chi connectivity index (χ0v) is 9.63.